The van der Waals surface area contributed by atoms with Crippen LogP contribution in [0.15, 0.2) is 0 Å². The van der Waals surface area contributed by atoms with E-state index in [9.17, 15) is 4.79 Å². The Hall–Kier alpha value is -0.570. The van der Waals surface area contributed by atoms with Crippen LogP contribution in [0.5, 0.6) is 0 Å². The smallest absolute Gasteiger partial charge is 0.252 e. The van der Waals surface area contributed by atoms with E-state index in [-0.39, 0.29) is 23.2 Å². The van der Waals surface area contributed by atoms with Crippen LogP contribution in [0.1, 0.15) is 27.2 Å². The number of piperidine rings is 1. The van der Waals surface area contributed by atoms with Crippen LogP contribution >= 0.6 is 0 Å². The monoisotopic (exact) mass is 155 g/mol. The zero-order valence-electron chi connectivity index (χ0n) is 7.10. The van der Waals surface area contributed by atoms with E-state index in [2.05, 4.69) is 5.32 Å². The van der Waals surface area contributed by atoms with Gasteiger partial charge in [0.2, 0.25) is 0 Å². The molecule has 0 aromatic carbocycles. The zero-order chi connectivity index (χ0) is 8.28. The van der Waals surface area contributed by atoms with Gasteiger partial charge in [0.25, 0.3) is 5.91 Å². The van der Waals surface area contributed by atoms with Crippen LogP contribution < -0.4 is 5.32 Å². The molecule has 2 atom stereocenters. The number of hydrogen-bond acceptors (Lipinski definition) is 2. The van der Waals surface area contributed by atoms with Crippen molar-refractivity contribution in [1.82, 2.24) is 5.32 Å². The minimum Gasteiger partial charge on any atom is -0.356 e. The minimum absolute atomic E-state index is 0.0451. The fraction of sp³-hybridized carbons (Fsp3) is 0.875. The first-order valence-corrected chi connectivity index (χ1v) is 3.93. The maximum atomic E-state index is 11.2. The van der Waals surface area contributed by atoms with Crippen molar-refractivity contribution in [2.24, 2.45) is 0 Å². The van der Waals surface area contributed by atoms with E-state index in [1.54, 1.807) is 0 Å². The van der Waals surface area contributed by atoms with Gasteiger partial charge in [-0.05, 0) is 20.8 Å². The van der Waals surface area contributed by atoms with Crippen molar-refractivity contribution in [3.05, 3.63) is 0 Å². The number of carbonyl (C=O) groups excluding carboxylic acids is 1. The summed E-state index contributed by atoms with van der Waals surface area (Å²) in [7, 11) is 0. The summed E-state index contributed by atoms with van der Waals surface area (Å²) in [6.45, 7) is 6.04. The fourth-order valence-electron chi connectivity index (χ4n) is 2.02. The van der Waals surface area contributed by atoms with Crippen molar-refractivity contribution >= 4 is 5.91 Å². The average molecular weight is 155 g/mol. The predicted octanol–water partition coefficient (Wildman–Crippen LogP) is 0.442. The lowest BCUT2D eigenvalue weighted by Crippen LogP contribution is -2.53. The molecule has 2 rings (SSSR count). The first kappa shape index (κ1) is 7.10. The molecule has 62 valence electrons. The second kappa shape index (κ2) is 1.61. The summed E-state index contributed by atoms with van der Waals surface area (Å²) in [5.74, 6) is 0.0451. The molecule has 0 aromatic rings. The molecule has 3 heteroatoms. The molecule has 0 aromatic heterocycles. The number of amides is 1. The summed E-state index contributed by atoms with van der Waals surface area (Å²) in [5.41, 5.74) is -0.259. The summed E-state index contributed by atoms with van der Waals surface area (Å²) in [5, 5.41) is 2.91. The van der Waals surface area contributed by atoms with Crippen molar-refractivity contribution in [2.45, 2.75) is 44.4 Å². The summed E-state index contributed by atoms with van der Waals surface area (Å²) in [6.07, 6.45) is 0.742. The number of hydrogen-bond donors (Lipinski definition) is 1. The number of epoxide rings is 1. The Morgan fingerprint density at radius 3 is 2.73 bits per heavy atom. The first-order valence-electron chi connectivity index (χ1n) is 3.93. The second-order valence-corrected chi connectivity index (χ2v) is 4.36. The summed E-state index contributed by atoms with van der Waals surface area (Å²) < 4.78 is 5.30. The van der Waals surface area contributed by atoms with E-state index in [1.165, 1.54) is 0 Å². The molecule has 2 saturated heterocycles. The molecule has 11 heavy (non-hydrogen) atoms. The average Bonchev–Trinajstić information content (AvgIpc) is 2.36. The summed E-state index contributed by atoms with van der Waals surface area (Å²) >= 11 is 0. The van der Waals surface area contributed by atoms with Crippen molar-refractivity contribution in [2.75, 3.05) is 0 Å². The lowest BCUT2D eigenvalue weighted by molar-refractivity contribution is -0.124. The maximum Gasteiger partial charge on any atom is 0.252 e. The van der Waals surface area contributed by atoms with E-state index < -0.39 is 0 Å². The van der Waals surface area contributed by atoms with E-state index in [4.69, 9.17) is 4.74 Å². The van der Waals surface area contributed by atoms with E-state index >= 15 is 0 Å². The summed E-state index contributed by atoms with van der Waals surface area (Å²) in [4.78, 5) is 11.2. The van der Waals surface area contributed by atoms with Crippen LogP contribution in [0.25, 0.3) is 0 Å². The predicted molar refractivity (Wildman–Crippen MR) is 40.1 cm³/mol. The zero-order valence-corrected chi connectivity index (χ0v) is 7.10. The molecule has 0 bridgehead atoms. The third-order valence-electron chi connectivity index (χ3n) is 2.38. The van der Waals surface area contributed by atoms with Gasteiger partial charge in [-0.25, -0.2) is 0 Å². The number of ether oxygens (including phenoxy) is 1. The van der Waals surface area contributed by atoms with Crippen molar-refractivity contribution in [3.8, 4) is 0 Å². The third kappa shape index (κ3) is 0.948. The molecule has 2 aliphatic heterocycles. The van der Waals surface area contributed by atoms with Crippen LogP contribution in [-0.2, 0) is 9.53 Å². The molecule has 2 aliphatic rings. The molecule has 0 saturated carbocycles. The Labute approximate surface area is 66.1 Å². The quantitative estimate of drug-likeness (QED) is 0.516. The summed E-state index contributed by atoms with van der Waals surface area (Å²) in [6, 6.07) is 0. The number of carbonyl (C=O) groups is 1. The third-order valence-corrected chi connectivity index (χ3v) is 2.38. The molecule has 3 nitrogen and oxygen atoms in total. The molecule has 0 aliphatic carbocycles. The lowest BCUT2D eigenvalue weighted by atomic mass is 9.85. The molecule has 1 amide bonds. The fourth-order valence-corrected chi connectivity index (χ4v) is 2.02. The standard InChI is InChI=1S/C8H13NO2/c1-7(2)4-8(3)5(11-8)6(10)9-7/h5H,4H2,1-3H3,(H,9,10). The molecule has 0 spiro atoms. The maximum absolute atomic E-state index is 11.2. The van der Waals surface area contributed by atoms with Crippen molar-refractivity contribution in [3.63, 3.8) is 0 Å². The normalized spacial score (nSPS) is 46.1. The molecule has 2 heterocycles. The number of rotatable bonds is 0. The van der Waals surface area contributed by atoms with E-state index in [0.29, 0.717) is 0 Å². The largest absolute Gasteiger partial charge is 0.356 e. The topological polar surface area (TPSA) is 41.6 Å². The van der Waals surface area contributed by atoms with Crippen molar-refractivity contribution < 1.29 is 9.53 Å². The van der Waals surface area contributed by atoms with Gasteiger partial charge in [0, 0.05) is 12.0 Å². The van der Waals surface area contributed by atoms with Gasteiger partial charge in [-0.1, -0.05) is 0 Å². The Morgan fingerprint density at radius 2 is 2.18 bits per heavy atom. The number of nitrogens with one attached hydrogen (secondary N) is 1. The molecular formula is C8H13NO2. The lowest BCUT2D eigenvalue weighted by Gasteiger charge is -2.31. The number of fused-ring (bicyclic) bond motifs is 1. The molecule has 2 unspecified atom stereocenters. The highest BCUT2D eigenvalue weighted by atomic mass is 16.6. The Morgan fingerprint density at radius 1 is 1.55 bits per heavy atom. The Balaban J connectivity index is 2.21. The van der Waals surface area contributed by atoms with Gasteiger partial charge < -0.3 is 10.1 Å². The van der Waals surface area contributed by atoms with Gasteiger partial charge in [-0.15, -0.1) is 0 Å². The molecular weight excluding hydrogens is 142 g/mol. The first-order chi connectivity index (χ1) is 4.93. The highest BCUT2D eigenvalue weighted by molar-refractivity contribution is 5.86. The SMILES string of the molecule is CC1(C)CC2(C)OC2C(=O)N1. The van der Waals surface area contributed by atoms with Crippen LogP contribution in [0.2, 0.25) is 0 Å². The van der Waals surface area contributed by atoms with Gasteiger partial charge in [0.15, 0.2) is 6.10 Å². The van der Waals surface area contributed by atoms with Gasteiger partial charge >= 0.3 is 0 Å². The van der Waals surface area contributed by atoms with Crippen LogP contribution in [0.4, 0.5) is 0 Å². The van der Waals surface area contributed by atoms with Crippen LogP contribution in [0, 0.1) is 0 Å². The van der Waals surface area contributed by atoms with Crippen molar-refractivity contribution in [1.29, 1.82) is 0 Å². The second-order valence-electron chi connectivity index (χ2n) is 4.36. The molecule has 2 fully saturated rings. The highest BCUT2D eigenvalue weighted by Crippen LogP contribution is 2.45. The minimum atomic E-state index is -0.171. The Bertz CT molecular complexity index is 221. The van der Waals surface area contributed by atoms with Crippen LogP contribution in [-0.4, -0.2) is 23.2 Å². The highest BCUT2D eigenvalue weighted by Gasteiger charge is 2.62. The van der Waals surface area contributed by atoms with E-state index in [0.717, 1.165) is 6.42 Å². The van der Waals surface area contributed by atoms with Gasteiger partial charge in [0.1, 0.15) is 5.60 Å². The van der Waals surface area contributed by atoms with E-state index in [1.807, 2.05) is 20.8 Å². The van der Waals surface area contributed by atoms with Crippen LogP contribution in [0.3, 0.4) is 0 Å². The molecule has 1 N–H and O–H groups in total. The molecule has 0 radical (unpaired) electrons. The van der Waals surface area contributed by atoms with Gasteiger partial charge in [-0.3, -0.25) is 4.79 Å². The Kier molecular flexibility index (Phi) is 1.04. The van der Waals surface area contributed by atoms with Gasteiger partial charge in [0.05, 0.1) is 0 Å². The van der Waals surface area contributed by atoms with Gasteiger partial charge in [-0.2, -0.15) is 0 Å².